The highest BCUT2D eigenvalue weighted by Crippen LogP contribution is 2.40. The van der Waals surface area contributed by atoms with E-state index in [1.807, 2.05) is 16.3 Å². The zero-order valence-electron chi connectivity index (χ0n) is 14.6. The Morgan fingerprint density at radius 1 is 1.21 bits per heavy atom. The van der Waals surface area contributed by atoms with Gasteiger partial charge in [-0.05, 0) is 53.1 Å². The quantitative estimate of drug-likeness (QED) is 0.486. The third kappa shape index (κ3) is 2.84. The lowest BCUT2D eigenvalue weighted by Gasteiger charge is -2.35. The van der Waals surface area contributed by atoms with Crippen LogP contribution in [0.25, 0.3) is 11.0 Å². The minimum absolute atomic E-state index is 0.106. The van der Waals surface area contributed by atoms with Gasteiger partial charge in [0.25, 0.3) is 12.3 Å². The second-order valence-electron chi connectivity index (χ2n) is 6.62. The molecule has 5 rings (SSSR count). The predicted octanol–water partition coefficient (Wildman–Crippen LogP) is 5.41. The maximum absolute atomic E-state index is 13.4. The maximum atomic E-state index is 13.4. The molecule has 8 heteroatoms. The standard InChI is InChI=1S/C20H15F2N3OS2/c21-18(22)19-23-13-4-3-11(10-14(13)24-19)20(26)25-7-5-15-12(6-9-28-15)17(25)16-2-1-8-27-16/h1-4,6,8-10,17-18H,5,7H2,(H,23,24). The molecule has 1 unspecified atom stereocenters. The number of rotatable bonds is 3. The van der Waals surface area contributed by atoms with E-state index in [2.05, 4.69) is 27.5 Å². The molecule has 1 aromatic carbocycles. The number of benzene rings is 1. The van der Waals surface area contributed by atoms with Crippen molar-refractivity contribution in [1.82, 2.24) is 14.9 Å². The van der Waals surface area contributed by atoms with Crippen LogP contribution in [-0.4, -0.2) is 27.3 Å². The SMILES string of the molecule is O=C(c1ccc2nc(C(F)F)[nH]c2c1)N1CCc2sccc2C1c1cccs1. The summed E-state index contributed by atoms with van der Waals surface area (Å²) in [6.07, 6.45) is -1.85. The number of halogens is 2. The lowest BCUT2D eigenvalue weighted by atomic mass is 9.97. The van der Waals surface area contributed by atoms with Crippen molar-refractivity contribution in [3.05, 3.63) is 73.9 Å². The van der Waals surface area contributed by atoms with E-state index in [0.717, 1.165) is 11.3 Å². The van der Waals surface area contributed by atoms with Crippen molar-refractivity contribution in [2.45, 2.75) is 18.9 Å². The summed E-state index contributed by atoms with van der Waals surface area (Å²) in [7, 11) is 0. The number of hydrogen-bond donors (Lipinski definition) is 1. The number of hydrogen-bond acceptors (Lipinski definition) is 4. The number of nitrogens with one attached hydrogen (secondary N) is 1. The topological polar surface area (TPSA) is 49.0 Å². The summed E-state index contributed by atoms with van der Waals surface area (Å²) in [5.74, 6) is -0.484. The molecule has 1 atom stereocenters. The Hall–Kier alpha value is -2.58. The Balaban J connectivity index is 1.54. The fourth-order valence-corrected chi connectivity index (χ4v) is 5.48. The first-order chi connectivity index (χ1) is 13.6. The highest BCUT2D eigenvalue weighted by Gasteiger charge is 2.34. The van der Waals surface area contributed by atoms with Crippen molar-refractivity contribution in [2.24, 2.45) is 0 Å². The van der Waals surface area contributed by atoms with Gasteiger partial charge in [-0.1, -0.05) is 6.07 Å². The van der Waals surface area contributed by atoms with E-state index in [1.54, 1.807) is 40.9 Å². The number of aromatic amines is 1. The molecule has 142 valence electrons. The van der Waals surface area contributed by atoms with Crippen molar-refractivity contribution in [2.75, 3.05) is 6.54 Å². The molecule has 0 saturated heterocycles. The number of carbonyl (C=O) groups excluding carboxylic acids is 1. The third-order valence-electron chi connectivity index (χ3n) is 4.99. The maximum Gasteiger partial charge on any atom is 0.295 e. The van der Waals surface area contributed by atoms with Gasteiger partial charge in [0, 0.05) is 21.9 Å². The Morgan fingerprint density at radius 2 is 2.11 bits per heavy atom. The fourth-order valence-electron chi connectivity index (χ4n) is 3.72. The zero-order valence-corrected chi connectivity index (χ0v) is 16.2. The zero-order chi connectivity index (χ0) is 19.3. The van der Waals surface area contributed by atoms with Crippen molar-refractivity contribution in [3.8, 4) is 0 Å². The first-order valence-corrected chi connectivity index (χ1v) is 10.6. The van der Waals surface area contributed by atoms with Crippen LogP contribution in [-0.2, 0) is 6.42 Å². The fraction of sp³-hybridized carbons (Fsp3) is 0.200. The van der Waals surface area contributed by atoms with Crippen LogP contribution in [0.5, 0.6) is 0 Å². The van der Waals surface area contributed by atoms with Crippen molar-refractivity contribution in [3.63, 3.8) is 0 Å². The van der Waals surface area contributed by atoms with Crippen LogP contribution in [0.15, 0.2) is 47.2 Å². The summed E-state index contributed by atoms with van der Waals surface area (Å²) in [5.41, 5.74) is 2.52. The minimum atomic E-state index is -2.67. The number of alkyl halides is 2. The molecule has 0 bridgehead atoms. The highest BCUT2D eigenvalue weighted by atomic mass is 32.1. The summed E-state index contributed by atoms with van der Waals surface area (Å²) in [6, 6.07) is 10.9. The van der Waals surface area contributed by atoms with Crippen molar-refractivity contribution >= 4 is 39.6 Å². The summed E-state index contributed by atoms with van der Waals surface area (Å²) in [5, 5.41) is 4.09. The number of carbonyl (C=O) groups is 1. The third-order valence-corrected chi connectivity index (χ3v) is 6.91. The second-order valence-corrected chi connectivity index (χ2v) is 8.60. The molecular formula is C20H15F2N3OS2. The first kappa shape index (κ1) is 17.5. The largest absolute Gasteiger partial charge is 0.337 e. The average molecular weight is 415 g/mol. The Morgan fingerprint density at radius 3 is 2.89 bits per heavy atom. The lowest BCUT2D eigenvalue weighted by Crippen LogP contribution is -2.39. The number of amides is 1. The number of fused-ring (bicyclic) bond motifs is 2. The molecule has 4 nitrogen and oxygen atoms in total. The van der Waals surface area contributed by atoms with E-state index in [9.17, 15) is 13.6 Å². The van der Waals surface area contributed by atoms with Crippen LogP contribution in [0.3, 0.4) is 0 Å². The van der Waals surface area contributed by atoms with E-state index in [-0.39, 0.29) is 17.8 Å². The molecule has 0 saturated carbocycles. The molecule has 4 aromatic rings. The molecule has 1 amide bonds. The number of thiophene rings is 2. The van der Waals surface area contributed by atoms with E-state index in [0.29, 0.717) is 23.1 Å². The Bertz CT molecular complexity index is 1150. The normalized spacial score (nSPS) is 16.7. The van der Waals surface area contributed by atoms with Gasteiger partial charge in [0.2, 0.25) is 0 Å². The van der Waals surface area contributed by atoms with E-state index >= 15 is 0 Å². The minimum Gasteiger partial charge on any atom is -0.337 e. The van der Waals surface area contributed by atoms with Crippen LogP contribution in [0.1, 0.15) is 44.0 Å². The van der Waals surface area contributed by atoms with Crippen molar-refractivity contribution in [1.29, 1.82) is 0 Å². The van der Waals surface area contributed by atoms with E-state index in [1.165, 1.54) is 10.4 Å². The second kappa shape index (κ2) is 6.79. The van der Waals surface area contributed by atoms with Crippen LogP contribution in [0.2, 0.25) is 0 Å². The number of nitrogens with zero attached hydrogens (tertiary/aromatic N) is 2. The molecule has 1 N–H and O–H groups in total. The van der Waals surface area contributed by atoms with Gasteiger partial charge in [-0.25, -0.2) is 13.8 Å². The van der Waals surface area contributed by atoms with Gasteiger partial charge >= 0.3 is 0 Å². The monoisotopic (exact) mass is 415 g/mol. The summed E-state index contributed by atoms with van der Waals surface area (Å²) in [4.78, 5) is 24.2. The molecular weight excluding hydrogens is 400 g/mol. The van der Waals surface area contributed by atoms with Crippen LogP contribution < -0.4 is 0 Å². The average Bonchev–Trinajstić information content (AvgIpc) is 3.45. The molecule has 0 spiro atoms. The Labute approximate surface area is 167 Å². The van der Waals surface area contributed by atoms with Gasteiger partial charge in [0.05, 0.1) is 17.1 Å². The molecule has 1 aliphatic rings. The molecule has 0 fully saturated rings. The van der Waals surface area contributed by atoms with Gasteiger partial charge in [-0.15, -0.1) is 22.7 Å². The summed E-state index contributed by atoms with van der Waals surface area (Å²) in [6.45, 7) is 0.623. The van der Waals surface area contributed by atoms with Gasteiger partial charge in [0.15, 0.2) is 5.82 Å². The van der Waals surface area contributed by atoms with E-state index < -0.39 is 6.43 Å². The molecule has 0 radical (unpaired) electrons. The van der Waals surface area contributed by atoms with Crippen LogP contribution in [0, 0.1) is 0 Å². The van der Waals surface area contributed by atoms with Crippen LogP contribution >= 0.6 is 22.7 Å². The van der Waals surface area contributed by atoms with E-state index in [4.69, 9.17) is 0 Å². The molecule has 28 heavy (non-hydrogen) atoms. The number of H-pyrrole nitrogens is 1. The Kier molecular flexibility index (Phi) is 4.25. The van der Waals surface area contributed by atoms with Gasteiger partial charge in [-0.2, -0.15) is 0 Å². The van der Waals surface area contributed by atoms with Crippen LogP contribution in [0.4, 0.5) is 8.78 Å². The first-order valence-electron chi connectivity index (χ1n) is 8.80. The molecule has 3 aromatic heterocycles. The van der Waals surface area contributed by atoms with Gasteiger partial charge in [0.1, 0.15) is 0 Å². The smallest absolute Gasteiger partial charge is 0.295 e. The number of imidazole rings is 1. The molecule has 4 heterocycles. The van der Waals surface area contributed by atoms with Crippen molar-refractivity contribution < 1.29 is 13.6 Å². The number of aromatic nitrogens is 2. The van der Waals surface area contributed by atoms with Gasteiger partial charge < -0.3 is 9.88 Å². The predicted molar refractivity (Wildman–Crippen MR) is 106 cm³/mol. The summed E-state index contributed by atoms with van der Waals surface area (Å²) >= 11 is 3.36. The molecule has 1 aliphatic heterocycles. The summed E-state index contributed by atoms with van der Waals surface area (Å²) < 4.78 is 25.8. The van der Waals surface area contributed by atoms with Gasteiger partial charge in [-0.3, -0.25) is 4.79 Å². The lowest BCUT2D eigenvalue weighted by molar-refractivity contribution is 0.0699. The molecule has 0 aliphatic carbocycles. The highest BCUT2D eigenvalue weighted by molar-refractivity contribution is 7.10.